The second-order valence-electron chi connectivity index (χ2n) is 8.77. The molecule has 0 aromatic heterocycles. The predicted octanol–water partition coefficient (Wildman–Crippen LogP) is 3.14. The number of nitro groups is 1. The molecule has 2 heterocycles. The molecule has 8 nitrogen and oxygen atoms in total. The average molecular weight is 414 g/mol. The van der Waals surface area contributed by atoms with Crippen molar-refractivity contribution >= 4 is 17.3 Å². The van der Waals surface area contributed by atoms with Gasteiger partial charge < -0.3 is 9.80 Å². The molecular formula is C22H31N5O3. The summed E-state index contributed by atoms with van der Waals surface area (Å²) in [5.41, 5.74) is 1.14. The Kier molecular flexibility index (Phi) is 6.93. The fraction of sp³-hybridized carbons (Fsp3) is 0.636. The molecule has 0 N–H and O–H groups in total. The largest absolute Gasteiger partial charge is 0.371 e. The maximum absolute atomic E-state index is 13.4. The highest BCUT2D eigenvalue weighted by Gasteiger charge is 2.31. The first-order valence-electron chi connectivity index (χ1n) is 10.8. The van der Waals surface area contributed by atoms with Crippen molar-refractivity contribution in [1.82, 2.24) is 9.80 Å². The standard InChI is InChI=1S/C22H31N5O3/c1-16(2)21(15-23)25-10-12-26(13-11-25)22(28)19-14-18(27(29)30)4-5-20(19)24-8-6-17(3)7-9-24/h4-5,14,16-17,21H,6-13H2,1-3H3. The Morgan fingerprint density at radius 1 is 1.17 bits per heavy atom. The molecular weight excluding hydrogens is 382 g/mol. The molecule has 0 aliphatic carbocycles. The summed E-state index contributed by atoms with van der Waals surface area (Å²) in [4.78, 5) is 30.3. The van der Waals surface area contributed by atoms with Gasteiger partial charge in [0.05, 0.1) is 22.2 Å². The molecule has 1 aromatic carbocycles. The summed E-state index contributed by atoms with van der Waals surface area (Å²) in [6.07, 6.45) is 2.10. The Balaban J connectivity index is 1.80. The van der Waals surface area contributed by atoms with Gasteiger partial charge in [-0.15, -0.1) is 0 Å². The van der Waals surface area contributed by atoms with E-state index < -0.39 is 4.92 Å². The van der Waals surface area contributed by atoms with E-state index in [4.69, 9.17) is 0 Å². The van der Waals surface area contributed by atoms with Crippen LogP contribution in [0.2, 0.25) is 0 Å². The summed E-state index contributed by atoms with van der Waals surface area (Å²) >= 11 is 0. The first-order valence-corrected chi connectivity index (χ1v) is 10.8. The topological polar surface area (TPSA) is 93.7 Å². The molecule has 8 heteroatoms. The molecule has 1 unspecified atom stereocenters. The molecule has 2 saturated heterocycles. The SMILES string of the molecule is CC1CCN(c2ccc([N+](=O)[O-])cc2C(=O)N2CCN(C(C#N)C(C)C)CC2)CC1. The number of rotatable bonds is 5. The number of hydrogen-bond donors (Lipinski definition) is 0. The van der Waals surface area contributed by atoms with Crippen LogP contribution in [0, 0.1) is 33.3 Å². The number of nitriles is 1. The fourth-order valence-corrected chi connectivity index (χ4v) is 4.36. The van der Waals surface area contributed by atoms with Gasteiger partial charge in [-0.2, -0.15) is 5.26 Å². The number of benzene rings is 1. The number of nitro benzene ring substituents is 1. The number of piperidine rings is 1. The molecule has 162 valence electrons. The van der Waals surface area contributed by atoms with Crippen molar-refractivity contribution in [3.05, 3.63) is 33.9 Å². The molecule has 0 bridgehead atoms. The van der Waals surface area contributed by atoms with Crippen LogP contribution in [0.3, 0.4) is 0 Å². The Hall–Kier alpha value is -2.66. The van der Waals surface area contributed by atoms with E-state index in [0.717, 1.165) is 31.6 Å². The molecule has 3 rings (SSSR count). The van der Waals surface area contributed by atoms with Crippen LogP contribution >= 0.6 is 0 Å². The first-order chi connectivity index (χ1) is 14.3. The normalized spacial score (nSPS) is 19.6. The van der Waals surface area contributed by atoms with Crippen molar-refractivity contribution in [1.29, 1.82) is 5.26 Å². The number of non-ortho nitro benzene ring substituents is 1. The average Bonchev–Trinajstić information content (AvgIpc) is 2.74. The third-order valence-corrected chi connectivity index (χ3v) is 6.30. The van der Waals surface area contributed by atoms with E-state index in [1.54, 1.807) is 11.0 Å². The van der Waals surface area contributed by atoms with Crippen molar-refractivity contribution in [2.45, 2.75) is 39.7 Å². The molecule has 0 spiro atoms. The Labute approximate surface area is 178 Å². The Morgan fingerprint density at radius 3 is 2.33 bits per heavy atom. The molecule has 2 aliphatic rings. The van der Waals surface area contributed by atoms with E-state index in [0.29, 0.717) is 37.7 Å². The molecule has 1 amide bonds. The van der Waals surface area contributed by atoms with E-state index in [-0.39, 0.29) is 23.6 Å². The summed E-state index contributed by atoms with van der Waals surface area (Å²) in [6, 6.07) is 6.84. The number of nitrogens with zero attached hydrogens (tertiary/aromatic N) is 5. The zero-order valence-corrected chi connectivity index (χ0v) is 18.1. The van der Waals surface area contributed by atoms with Crippen molar-refractivity contribution in [3.63, 3.8) is 0 Å². The van der Waals surface area contributed by atoms with Gasteiger partial charge in [0.25, 0.3) is 11.6 Å². The van der Waals surface area contributed by atoms with Gasteiger partial charge in [0.15, 0.2) is 0 Å². The fourth-order valence-electron chi connectivity index (χ4n) is 4.36. The maximum atomic E-state index is 13.4. The summed E-state index contributed by atoms with van der Waals surface area (Å²) in [5, 5.41) is 20.8. The molecule has 1 aromatic rings. The number of anilines is 1. The third-order valence-electron chi connectivity index (χ3n) is 6.30. The highest BCUT2D eigenvalue weighted by molar-refractivity contribution is 6.00. The first kappa shape index (κ1) is 22.0. The maximum Gasteiger partial charge on any atom is 0.270 e. The van der Waals surface area contributed by atoms with Gasteiger partial charge in [-0.05, 0) is 30.7 Å². The Morgan fingerprint density at radius 2 is 1.80 bits per heavy atom. The summed E-state index contributed by atoms with van der Waals surface area (Å²) < 4.78 is 0. The van der Waals surface area contributed by atoms with Gasteiger partial charge in [-0.1, -0.05) is 20.8 Å². The second-order valence-corrected chi connectivity index (χ2v) is 8.77. The molecule has 2 fully saturated rings. The minimum absolute atomic E-state index is 0.0598. The van der Waals surface area contributed by atoms with Crippen LogP contribution < -0.4 is 4.90 Å². The minimum Gasteiger partial charge on any atom is -0.371 e. The van der Waals surface area contributed by atoms with Crippen molar-refractivity contribution in [3.8, 4) is 6.07 Å². The van der Waals surface area contributed by atoms with Crippen LogP contribution in [0.1, 0.15) is 44.0 Å². The summed E-state index contributed by atoms with van der Waals surface area (Å²) in [5.74, 6) is 0.715. The van der Waals surface area contributed by atoms with Crippen LogP contribution in [0.5, 0.6) is 0 Å². The summed E-state index contributed by atoms with van der Waals surface area (Å²) in [6.45, 7) is 10.3. The molecule has 1 atom stereocenters. The molecule has 0 radical (unpaired) electrons. The van der Waals surface area contributed by atoms with Crippen LogP contribution in [-0.4, -0.2) is 65.9 Å². The van der Waals surface area contributed by atoms with Crippen molar-refractivity contribution in [2.24, 2.45) is 11.8 Å². The number of hydrogen-bond acceptors (Lipinski definition) is 6. The lowest BCUT2D eigenvalue weighted by atomic mass is 9.97. The van der Waals surface area contributed by atoms with Gasteiger partial charge in [0, 0.05) is 51.4 Å². The van der Waals surface area contributed by atoms with Crippen LogP contribution in [-0.2, 0) is 0 Å². The zero-order chi connectivity index (χ0) is 21.8. The number of carbonyl (C=O) groups is 1. The minimum atomic E-state index is -0.447. The lowest BCUT2D eigenvalue weighted by molar-refractivity contribution is -0.384. The van der Waals surface area contributed by atoms with Crippen molar-refractivity contribution < 1.29 is 9.72 Å². The van der Waals surface area contributed by atoms with Gasteiger partial charge >= 0.3 is 0 Å². The lowest BCUT2D eigenvalue weighted by Crippen LogP contribution is -2.53. The van der Waals surface area contributed by atoms with E-state index in [1.165, 1.54) is 12.1 Å². The second kappa shape index (κ2) is 9.43. The monoisotopic (exact) mass is 413 g/mol. The zero-order valence-electron chi connectivity index (χ0n) is 18.1. The van der Waals surface area contributed by atoms with Gasteiger partial charge in [0.2, 0.25) is 0 Å². The third kappa shape index (κ3) is 4.73. The van der Waals surface area contributed by atoms with E-state index >= 15 is 0 Å². The predicted molar refractivity (Wildman–Crippen MR) is 115 cm³/mol. The van der Waals surface area contributed by atoms with Crippen LogP contribution in [0.15, 0.2) is 18.2 Å². The van der Waals surface area contributed by atoms with E-state index in [2.05, 4.69) is 22.8 Å². The van der Waals surface area contributed by atoms with Crippen LogP contribution in [0.4, 0.5) is 11.4 Å². The van der Waals surface area contributed by atoms with Crippen molar-refractivity contribution in [2.75, 3.05) is 44.2 Å². The molecule has 30 heavy (non-hydrogen) atoms. The lowest BCUT2D eigenvalue weighted by Gasteiger charge is -2.39. The summed E-state index contributed by atoms with van der Waals surface area (Å²) in [7, 11) is 0. The number of carbonyl (C=O) groups excluding carboxylic acids is 1. The van der Waals surface area contributed by atoms with Gasteiger partial charge in [-0.3, -0.25) is 19.8 Å². The highest BCUT2D eigenvalue weighted by atomic mass is 16.6. The van der Waals surface area contributed by atoms with E-state index in [9.17, 15) is 20.2 Å². The molecule has 0 saturated carbocycles. The highest BCUT2D eigenvalue weighted by Crippen LogP contribution is 2.30. The quantitative estimate of drug-likeness (QED) is 0.544. The smallest absolute Gasteiger partial charge is 0.270 e. The van der Waals surface area contributed by atoms with Gasteiger partial charge in [0.1, 0.15) is 6.04 Å². The van der Waals surface area contributed by atoms with Crippen LogP contribution in [0.25, 0.3) is 0 Å². The number of piperazine rings is 1. The van der Waals surface area contributed by atoms with E-state index in [1.807, 2.05) is 13.8 Å². The number of amides is 1. The molecule has 2 aliphatic heterocycles. The van der Waals surface area contributed by atoms with Gasteiger partial charge in [-0.25, -0.2) is 0 Å². The Bertz CT molecular complexity index is 819.